The van der Waals surface area contributed by atoms with Gasteiger partial charge in [-0.1, -0.05) is 367 Å². The zero-order valence-electron chi connectivity index (χ0n) is 80.5. The van der Waals surface area contributed by atoms with Gasteiger partial charge >= 0.3 is 0 Å². The van der Waals surface area contributed by atoms with E-state index in [1.54, 1.807) is 0 Å². The van der Waals surface area contributed by atoms with Crippen LogP contribution in [0, 0.1) is 17.3 Å². The molecule has 131 heavy (non-hydrogen) atoms. The fourth-order valence-corrected chi connectivity index (χ4v) is 21.1. The fraction of sp³-hybridized carbons (Fsp3) is 0.280. The molecule has 0 bridgehead atoms. The number of fused-ring (bicyclic) bond motifs is 9. The van der Waals surface area contributed by atoms with E-state index in [1.807, 2.05) is 6.08 Å². The molecule has 6 heteroatoms. The highest BCUT2D eigenvalue weighted by Crippen LogP contribution is 2.60. The van der Waals surface area contributed by atoms with Crippen LogP contribution in [0.5, 0.6) is 0 Å². The molecular weight excluding hydrogens is 1590 g/mol. The minimum Gasteiger partial charge on any atom is -0.340 e. The van der Waals surface area contributed by atoms with Gasteiger partial charge in [-0.25, -0.2) is 0 Å². The molecular formula is C125H134N6. The maximum absolute atomic E-state index is 7.14. The average Bonchev–Trinajstić information content (AvgIpc) is 1.53. The van der Waals surface area contributed by atoms with Crippen LogP contribution in [0.2, 0.25) is 0 Å². The summed E-state index contributed by atoms with van der Waals surface area (Å²) < 4.78 is 2.61. The molecule has 0 amide bonds. The van der Waals surface area contributed by atoms with E-state index in [1.165, 1.54) is 136 Å². The molecule has 0 saturated carbocycles. The molecule has 1 heterocycles. The second kappa shape index (κ2) is 35.9. The molecule has 4 N–H and O–H groups in total. The molecule has 5 unspecified atom stereocenters. The van der Waals surface area contributed by atoms with Gasteiger partial charge < -0.3 is 30.7 Å². The highest BCUT2D eigenvalue weighted by atomic mass is 15.2. The van der Waals surface area contributed by atoms with Crippen LogP contribution in [0.15, 0.2) is 358 Å². The van der Waals surface area contributed by atoms with E-state index < -0.39 is 16.4 Å². The van der Waals surface area contributed by atoms with Gasteiger partial charge in [0.05, 0.1) is 10.8 Å². The maximum atomic E-state index is 7.14. The predicted octanol–water partition coefficient (Wildman–Crippen LogP) is 33.2. The Morgan fingerprint density at radius 2 is 0.786 bits per heavy atom. The number of allylic oxidation sites excluding steroid dienone is 3. The maximum Gasteiger partial charge on any atom is 0.0713 e. The van der Waals surface area contributed by atoms with Crippen LogP contribution < -0.4 is 26.2 Å². The minimum absolute atomic E-state index is 0.0109. The molecule has 664 valence electrons. The number of rotatable bonds is 28. The number of anilines is 8. The zero-order valence-corrected chi connectivity index (χ0v) is 80.5. The van der Waals surface area contributed by atoms with E-state index in [4.69, 9.17) is 11.5 Å². The normalized spacial score (nSPS) is 16.3. The molecule has 5 atom stereocenters. The summed E-state index contributed by atoms with van der Waals surface area (Å²) in [7, 11) is 0. The Morgan fingerprint density at radius 3 is 1.15 bits per heavy atom. The van der Waals surface area contributed by atoms with Gasteiger partial charge in [0.15, 0.2) is 0 Å². The lowest BCUT2D eigenvalue weighted by molar-refractivity contribution is 0.277. The Kier molecular flexibility index (Phi) is 24.8. The molecule has 0 spiro atoms. The van der Waals surface area contributed by atoms with Crippen molar-refractivity contribution in [2.75, 3.05) is 14.7 Å². The third-order valence-electron chi connectivity index (χ3n) is 29.8. The van der Waals surface area contributed by atoms with Crippen LogP contribution in [0.4, 0.5) is 45.5 Å². The average molecular weight is 1720 g/mol. The van der Waals surface area contributed by atoms with Crippen LogP contribution in [0.25, 0.3) is 56.4 Å². The Labute approximate surface area is 782 Å². The number of benzene rings is 13. The molecule has 6 nitrogen and oxygen atoms in total. The van der Waals surface area contributed by atoms with E-state index in [0.717, 1.165) is 83.4 Å². The van der Waals surface area contributed by atoms with Crippen molar-refractivity contribution < 1.29 is 0 Å². The fourth-order valence-electron chi connectivity index (χ4n) is 21.1. The molecule has 17 rings (SSSR count). The van der Waals surface area contributed by atoms with Gasteiger partial charge in [-0.05, 0) is 283 Å². The predicted molar refractivity (Wildman–Crippen MR) is 562 cm³/mol. The standard InChI is InChI=1S/C125H134N6/c1-19-24-35-87(21-3)85-128-116-78-47-89(84-111(116)110-79-82-121(16,83-80-117(110)128)123(18,127)23-5)88-45-62-98(63-46-88)130(101-66-50-91(51-67-101)119(10,11)12)103-72-56-94(57-73-103)125(114-43-31-27-39-108(114)109-40-28-32-44-115(109)125)96-60-76-105(77-61-96)131(102-68-52-92(53-69-102)120(13,14)15)104-74-58-95(59-75-104)124(112-41-29-25-37-106(112)107-38-26-30-42-113(107)124)93-54-70-100(71-55-93)129(99-64-48-90(49-65-99)118(7,8)9)97(22-4)36-33-34-86(6)122(17,126)81-20-2/h22,25-34,36-80,82-84,86-87H,4,19-21,23-24,35,81,85,126-127H2,1-3,5-18H3/b34-33-,97-36+. The Morgan fingerprint density at radius 1 is 0.427 bits per heavy atom. The van der Waals surface area contributed by atoms with Crippen molar-refractivity contribution in [3.05, 3.63) is 431 Å². The summed E-state index contributed by atoms with van der Waals surface area (Å²) in [6, 6.07) is 118. The first kappa shape index (κ1) is 90.4. The van der Waals surface area contributed by atoms with E-state index in [0.29, 0.717) is 5.92 Å². The van der Waals surface area contributed by atoms with Crippen LogP contribution in [-0.2, 0) is 33.6 Å². The number of unbranched alkanes of at least 4 members (excludes halogenated alkanes) is 1. The SMILES string of the molecule is C=C/C(=C\C=C/C(C)C(C)(N)CCC)N(c1ccc(C(C)(C)C)cc1)c1ccc(C2(c3ccc(N(c4ccc(C(C)(C)C)cc4)c4ccc(C5(c6ccc(N(c7ccc(-c8ccc9c(c8)c8c(n9CC(CC)CCCC)C=CC(C)(C(C)(N)CC)C=C8)cc7)c7ccc(C(C)(C)C)cc7)cc6)c6ccccc6-c6ccccc65)cc4)cc3)c3ccccc3-c3ccccc32)cc1. The Bertz CT molecular complexity index is 6490. The number of nitrogens with zero attached hydrogens (tertiary/aromatic N) is 4. The number of hydrogen-bond acceptors (Lipinski definition) is 5. The largest absolute Gasteiger partial charge is 0.340 e. The molecule has 0 saturated heterocycles. The van der Waals surface area contributed by atoms with Crippen LogP contribution in [-0.4, -0.2) is 15.6 Å². The second-order valence-corrected chi connectivity index (χ2v) is 41.3. The summed E-state index contributed by atoms with van der Waals surface area (Å²) in [5.74, 6) is 0.754. The summed E-state index contributed by atoms with van der Waals surface area (Å²) in [5, 5.41) is 1.28. The van der Waals surface area contributed by atoms with Crippen molar-refractivity contribution in [1.29, 1.82) is 0 Å². The molecule has 0 radical (unpaired) electrons. The summed E-state index contributed by atoms with van der Waals surface area (Å²) in [6.07, 6.45) is 25.7. The van der Waals surface area contributed by atoms with Gasteiger partial charge in [-0.15, -0.1) is 0 Å². The smallest absolute Gasteiger partial charge is 0.0713 e. The monoisotopic (exact) mass is 1720 g/mol. The van der Waals surface area contributed by atoms with Crippen LogP contribution >= 0.6 is 0 Å². The molecule has 3 aliphatic carbocycles. The van der Waals surface area contributed by atoms with Crippen molar-refractivity contribution in [1.82, 2.24) is 4.57 Å². The number of hydrogen-bond donors (Lipinski definition) is 2. The topological polar surface area (TPSA) is 66.7 Å². The highest BCUT2D eigenvalue weighted by molar-refractivity contribution is 5.98. The molecule has 0 aliphatic heterocycles. The van der Waals surface area contributed by atoms with Crippen molar-refractivity contribution >= 4 is 68.6 Å². The summed E-state index contributed by atoms with van der Waals surface area (Å²) in [6.45, 7) is 44.0. The lowest BCUT2D eigenvalue weighted by atomic mass is 9.67. The summed E-state index contributed by atoms with van der Waals surface area (Å²) in [5.41, 5.74) is 45.8. The van der Waals surface area contributed by atoms with Gasteiger partial charge in [0.25, 0.3) is 0 Å². The Hall–Kier alpha value is -12.6. The molecule has 3 aliphatic rings. The minimum atomic E-state index is -0.691. The number of aromatic nitrogens is 1. The van der Waals surface area contributed by atoms with Crippen LogP contribution in [0.3, 0.4) is 0 Å². The lowest BCUT2D eigenvalue weighted by Crippen LogP contribution is -2.49. The van der Waals surface area contributed by atoms with E-state index in [9.17, 15) is 0 Å². The van der Waals surface area contributed by atoms with Gasteiger partial charge in [-0.3, -0.25) is 0 Å². The van der Waals surface area contributed by atoms with Crippen LogP contribution in [0.1, 0.15) is 235 Å². The number of nitrogens with two attached hydrogens (primary N) is 2. The third-order valence-corrected chi connectivity index (χ3v) is 29.8. The quantitative estimate of drug-likeness (QED) is 0.0479. The second-order valence-electron chi connectivity index (χ2n) is 41.3. The van der Waals surface area contributed by atoms with Crippen molar-refractivity contribution in [2.45, 2.75) is 207 Å². The lowest BCUT2D eigenvalue weighted by Gasteiger charge is -2.39. The molecule has 1 aromatic heterocycles. The summed E-state index contributed by atoms with van der Waals surface area (Å²) >= 11 is 0. The molecule has 14 aromatic rings. The van der Waals surface area contributed by atoms with E-state index in [-0.39, 0.29) is 33.1 Å². The van der Waals surface area contributed by atoms with Gasteiger partial charge in [0.2, 0.25) is 0 Å². The van der Waals surface area contributed by atoms with Gasteiger partial charge in [0, 0.05) is 96.4 Å². The van der Waals surface area contributed by atoms with Crippen molar-refractivity contribution in [3.8, 4) is 33.4 Å². The first-order chi connectivity index (χ1) is 62.9. The summed E-state index contributed by atoms with van der Waals surface area (Å²) in [4.78, 5) is 7.22. The van der Waals surface area contributed by atoms with Crippen molar-refractivity contribution in [3.63, 3.8) is 0 Å². The van der Waals surface area contributed by atoms with Gasteiger partial charge in [0.1, 0.15) is 0 Å². The van der Waals surface area contributed by atoms with E-state index in [2.05, 4.69) is 495 Å². The van der Waals surface area contributed by atoms with E-state index >= 15 is 0 Å². The van der Waals surface area contributed by atoms with Gasteiger partial charge in [-0.2, -0.15) is 0 Å². The zero-order chi connectivity index (χ0) is 92.2. The van der Waals surface area contributed by atoms with Crippen molar-refractivity contribution in [2.24, 2.45) is 28.7 Å². The molecule has 13 aromatic carbocycles. The Balaban J connectivity index is 0.754. The molecule has 0 fully saturated rings. The highest BCUT2D eigenvalue weighted by Gasteiger charge is 2.49. The first-order valence-electron chi connectivity index (χ1n) is 48.2. The third kappa shape index (κ3) is 16.7. The first-order valence-corrected chi connectivity index (χ1v) is 48.2.